The van der Waals surface area contributed by atoms with Gasteiger partial charge in [-0.2, -0.15) is 18.2 Å². The minimum Gasteiger partial charge on any atom is -0.480 e. The fourth-order valence-electron chi connectivity index (χ4n) is 3.77. The number of alkyl halides is 3. The normalized spacial score (nSPS) is 22.5. The SMILES string of the molecule is COc1ncccc1C(=O)N1C[C@@H]2COC[C@H](c3nc(C)no3)[C@@H]2C1.O=C(O)C(F)(F)F. The molecule has 0 bridgehead atoms. The van der Waals surface area contributed by atoms with Gasteiger partial charge in [0.05, 0.1) is 26.2 Å². The van der Waals surface area contributed by atoms with E-state index in [1.54, 1.807) is 25.3 Å². The minimum absolute atomic E-state index is 0.0218. The number of amides is 1. The van der Waals surface area contributed by atoms with Crippen LogP contribution in [0.1, 0.15) is 28.0 Å². The highest BCUT2D eigenvalue weighted by molar-refractivity contribution is 5.96. The van der Waals surface area contributed by atoms with E-state index in [-0.39, 0.29) is 23.7 Å². The van der Waals surface area contributed by atoms with Crippen molar-refractivity contribution in [2.45, 2.75) is 19.0 Å². The van der Waals surface area contributed by atoms with E-state index in [0.29, 0.717) is 49.5 Å². The highest BCUT2D eigenvalue weighted by Gasteiger charge is 2.45. The molecule has 4 rings (SSSR count). The van der Waals surface area contributed by atoms with E-state index in [2.05, 4.69) is 15.1 Å². The van der Waals surface area contributed by atoms with Crippen molar-refractivity contribution in [3.05, 3.63) is 35.6 Å². The maximum atomic E-state index is 12.9. The van der Waals surface area contributed by atoms with Crippen molar-refractivity contribution in [1.29, 1.82) is 0 Å². The number of aromatic nitrogens is 3. The highest BCUT2D eigenvalue weighted by atomic mass is 19.4. The van der Waals surface area contributed by atoms with Crippen LogP contribution in [-0.2, 0) is 9.53 Å². The second-order valence-electron chi connectivity index (χ2n) is 7.32. The number of methoxy groups -OCH3 is 1. The number of carboxylic acids is 1. The predicted octanol–water partition coefficient (Wildman–Crippen LogP) is 1.92. The number of nitrogens with zero attached hydrogens (tertiary/aromatic N) is 4. The van der Waals surface area contributed by atoms with Gasteiger partial charge in [-0.3, -0.25) is 4.79 Å². The van der Waals surface area contributed by atoms with Crippen molar-refractivity contribution in [2.75, 3.05) is 33.4 Å². The zero-order chi connectivity index (χ0) is 23.5. The Kier molecular flexibility index (Phi) is 6.96. The van der Waals surface area contributed by atoms with Crippen molar-refractivity contribution in [3.8, 4) is 5.88 Å². The molecule has 0 saturated carbocycles. The van der Waals surface area contributed by atoms with Crippen LogP contribution in [0.3, 0.4) is 0 Å². The lowest BCUT2D eigenvalue weighted by atomic mass is 9.83. The fourth-order valence-corrected chi connectivity index (χ4v) is 3.77. The summed E-state index contributed by atoms with van der Waals surface area (Å²) in [4.78, 5) is 32.2. The number of hydrogen-bond acceptors (Lipinski definition) is 8. The first-order valence-electron chi connectivity index (χ1n) is 9.58. The molecule has 10 nitrogen and oxygen atoms in total. The Morgan fingerprint density at radius 3 is 2.59 bits per heavy atom. The highest BCUT2D eigenvalue weighted by Crippen LogP contribution is 2.39. The Labute approximate surface area is 180 Å². The van der Waals surface area contributed by atoms with Crippen LogP contribution < -0.4 is 4.74 Å². The lowest BCUT2D eigenvalue weighted by molar-refractivity contribution is -0.192. The summed E-state index contributed by atoms with van der Waals surface area (Å²) >= 11 is 0. The van der Waals surface area contributed by atoms with Crippen LogP contribution in [-0.4, -0.2) is 76.6 Å². The number of halogens is 3. The van der Waals surface area contributed by atoms with Gasteiger partial charge in [0.25, 0.3) is 5.91 Å². The molecule has 32 heavy (non-hydrogen) atoms. The number of pyridine rings is 1. The summed E-state index contributed by atoms with van der Waals surface area (Å²) in [5.41, 5.74) is 0.481. The number of carbonyl (C=O) groups excluding carboxylic acids is 1. The second-order valence-corrected chi connectivity index (χ2v) is 7.32. The quantitative estimate of drug-likeness (QED) is 0.734. The second kappa shape index (κ2) is 9.51. The Hall–Kier alpha value is -3.22. The Balaban J connectivity index is 0.000000360. The zero-order valence-corrected chi connectivity index (χ0v) is 17.2. The molecule has 0 unspecified atom stereocenters. The monoisotopic (exact) mass is 458 g/mol. The topological polar surface area (TPSA) is 128 Å². The average Bonchev–Trinajstić information content (AvgIpc) is 3.39. The third-order valence-corrected chi connectivity index (χ3v) is 5.22. The van der Waals surface area contributed by atoms with Crippen molar-refractivity contribution in [3.63, 3.8) is 0 Å². The maximum Gasteiger partial charge on any atom is 0.490 e. The molecule has 2 fully saturated rings. The molecular formula is C19H21F3N4O6. The average molecular weight is 458 g/mol. The molecule has 0 aliphatic carbocycles. The molecule has 174 valence electrons. The van der Waals surface area contributed by atoms with Crippen LogP contribution in [0.5, 0.6) is 5.88 Å². The van der Waals surface area contributed by atoms with Crippen molar-refractivity contribution in [1.82, 2.24) is 20.0 Å². The zero-order valence-electron chi connectivity index (χ0n) is 17.2. The molecule has 1 amide bonds. The molecule has 3 atom stereocenters. The smallest absolute Gasteiger partial charge is 0.480 e. The summed E-state index contributed by atoms with van der Waals surface area (Å²) in [5, 5.41) is 11.0. The van der Waals surface area contributed by atoms with Gasteiger partial charge in [0.15, 0.2) is 5.82 Å². The molecular weight excluding hydrogens is 437 g/mol. The van der Waals surface area contributed by atoms with E-state index in [9.17, 15) is 18.0 Å². The first-order valence-corrected chi connectivity index (χ1v) is 9.58. The van der Waals surface area contributed by atoms with E-state index in [1.807, 2.05) is 4.90 Å². The van der Waals surface area contributed by atoms with Gasteiger partial charge >= 0.3 is 12.1 Å². The lowest BCUT2D eigenvalue weighted by Crippen LogP contribution is -2.33. The molecule has 2 aliphatic rings. The maximum absolute atomic E-state index is 12.9. The largest absolute Gasteiger partial charge is 0.490 e. The summed E-state index contributed by atoms with van der Waals surface area (Å²) < 4.78 is 48.0. The van der Waals surface area contributed by atoms with E-state index in [1.165, 1.54) is 7.11 Å². The van der Waals surface area contributed by atoms with Crippen molar-refractivity contribution in [2.24, 2.45) is 11.8 Å². The third kappa shape index (κ3) is 5.15. The standard InChI is InChI=1S/C17H20N4O4.C2HF3O2/c1-10-19-16(25-20-10)14-9-24-8-11-6-21(7-13(11)14)17(22)12-4-3-5-18-15(12)23-2;3-2(4,5)1(6)7/h3-5,11,13-14H,6-9H2,1-2H3;(H,6,7)/t11-,13-,14+;/m1./s1. The Morgan fingerprint density at radius 2 is 2.00 bits per heavy atom. The van der Waals surface area contributed by atoms with E-state index < -0.39 is 12.1 Å². The summed E-state index contributed by atoms with van der Waals surface area (Å²) in [6.45, 7) is 4.26. The van der Waals surface area contributed by atoms with Gasteiger partial charge < -0.3 is 24.0 Å². The summed E-state index contributed by atoms with van der Waals surface area (Å²) in [5.74, 6) is -0.732. The molecule has 2 aromatic heterocycles. The van der Waals surface area contributed by atoms with Crippen LogP contribution in [0.4, 0.5) is 13.2 Å². The van der Waals surface area contributed by atoms with Crippen LogP contribution in [0, 0.1) is 18.8 Å². The third-order valence-electron chi connectivity index (χ3n) is 5.22. The molecule has 2 aromatic rings. The molecule has 0 aromatic carbocycles. The Morgan fingerprint density at radius 1 is 1.28 bits per heavy atom. The number of carbonyl (C=O) groups is 2. The number of hydrogen-bond donors (Lipinski definition) is 1. The number of ether oxygens (including phenoxy) is 2. The van der Waals surface area contributed by atoms with Gasteiger partial charge in [-0.15, -0.1) is 0 Å². The van der Waals surface area contributed by atoms with E-state index >= 15 is 0 Å². The van der Waals surface area contributed by atoms with Gasteiger partial charge in [0.2, 0.25) is 11.8 Å². The van der Waals surface area contributed by atoms with Crippen LogP contribution in [0.2, 0.25) is 0 Å². The number of aryl methyl sites for hydroxylation is 1. The van der Waals surface area contributed by atoms with Crippen molar-refractivity contribution >= 4 is 11.9 Å². The molecule has 13 heteroatoms. The van der Waals surface area contributed by atoms with Gasteiger partial charge in [-0.05, 0) is 25.0 Å². The molecule has 4 heterocycles. The first kappa shape index (κ1) is 23.4. The number of carboxylic acid groups (broad SMARTS) is 1. The van der Waals surface area contributed by atoms with Gasteiger partial charge in [0, 0.05) is 25.2 Å². The Bertz CT molecular complexity index is 967. The lowest BCUT2D eigenvalue weighted by Gasteiger charge is -2.30. The summed E-state index contributed by atoms with van der Waals surface area (Å²) in [6.07, 6.45) is -3.47. The van der Waals surface area contributed by atoms with Crippen LogP contribution in [0.25, 0.3) is 0 Å². The molecule has 0 radical (unpaired) electrons. The van der Waals surface area contributed by atoms with E-state index in [0.717, 1.165) is 0 Å². The minimum atomic E-state index is -5.08. The van der Waals surface area contributed by atoms with E-state index in [4.69, 9.17) is 23.9 Å². The molecule has 0 spiro atoms. The number of aliphatic carboxylic acids is 1. The number of fused-ring (bicyclic) bond motifs is 1. The van der Waals surface area contributed by atoms with Gasteiger partial charge in [-0.1, -0.05) is 5.16 Å². The van der Waals surface area contributed by atoms with Gasteiger partial charge in [-0.25, -0.2) is 9.78 Å². The summed E-state index contributed by atoms with van der Waals surface area (Å²) in [6, 6.07) is 3.48. The molecule has 2 saturated heterocycles. The van der Waals surface area contributed by atoms with Gasteiger partial charge in [0.1, 0.15) is 5.56 Å². The summed E-state index contributed by atoms with van der Waals surface area (Å²) in [7, 11) is 1.52. The van der Waals surface area contributed by atoms with Crippen molar-refractivity contribution < 1.29 is 41.9 Å². The fraction of sp³-hybridized carbons (Fsp3) is 0.526. The predicted molar refractivity (Wildman–Crippen MR) is 100.0 cm³/mol. The van der Waals surface area contributed by atoms with Crippen LogP contribution >= 0.6 is 0 Å². The first-order chi connectivity index (χ1) is 15.1. The van der Waals surface area contributed by atoms with Crippen LogP contribution in [0.15, 0.2) is 22.9 Å². The molecule has 1 N–H and O–H groups in total. The molecule has 2 aliphatic heterocycles. The number of likely N-dealkylation sites (tertiary alicyclic amines) is 1. The number of rotatable bonds is 3.